The lowest BCUT2D eigenvalue weighted by molar-refractivity contribution is 0.578. The van der Waals surface area contributed by atoms with E-state index < -0.39 is 17.7 Å². The second-order valence-corrected chi connectivity index (χ2v) is 2.51. The van der Waals surface area contributed by atoms with Gasteiger partial charge in [0, 0.05) is 18.6 Å². The molecule has 0 spiro atoms. The zero-order chi connectivity index (χ0) is 9.14. The number of halogens is 2. The van der Waals surface area contributed by atoms with Crippen molar-refractivity contribution in [1.29, 1.82) is 0 Å². The molecular formula is C9H7F2N. The summed E-state index contributed by atoms with van der Waals surface area (Å²) in [7, 11) is 0. The van der Waals surface area contributed by atoms with E-state index in [2.05, 4.69) is 4.85 Å². The summed E-state index contributed by atoms with van der Waals surface area (Å²) >= 11 is 0. The lowest BCUT2D eigenvalue weighted by atomic mass is 10.1. The summed E-state index contributed by atoms with van der Waals surface area (Å²) < 4.78 is 25.2. The molecule has 1 aromatic carbocycles. The average molecular weight is 167 g/mol. The Labute approximate surface area is 69.5 Å². The maximum absolute atomic E-state index is 12.6. The minimum absolute atomic E-state index is 0.377. The van der Waals surface area contributed by atoms with Gasteiger partial charge in [0.2, 0.25) is 6.04 Å². The summed E-state index contributed by atoms with van der Waals surface area (Å²) in [5.41, 5.74) is 0.377. The molecule has 0 bridgehead atoms. The van der Waals surface area contributed by atoms with Crippen LogP contribution in [0.4, 0.5) is 8.78 Å². The molecule has 0 radical (unpaired) electrons. The van der Waals surface area contributed by atoms with Gasteiger partial charge in [0.05, 0.1) is 0 Å². The van der Waals surface area contributed by atoms with E-state index in [1.807, 2.05) is 0 Å². The number of hydrogen-bond acceptors (Lipinski definition) is 0. The van der Waals surface area contributed by atoms with Gasteiger partial charge in [-0.25, -0.2) is 15.4 Å². The van der Waals surface area contributed by atoms with E-state index in [9.17, 15) is 8.78 Å². The maximum Gasteiger partial charge on any atom is 0.246 e. The number of benzene rings is 1. The molecule has 0 aliphatic rings. The lowest BCUT2D eigenvalue weighted by Gasteiger charge is -1.99. The topological polar surface area (TPSA) is 4.36 Å². The van der Waals surface area contributed by atoms with Crippen molar-refractivity contribution in [3.63, 3.8) is 0 Å². The van der Waals surface area contributed by atoms with Gasteiger partial charge in [0.25, 0.3) is 0 Å². The van der Waals surface area contributed by atoms with Crippen molar-refractivity contribution in [1.82, 2.24) is 0 Å². The second kappa shape index (κ2) is 3.31. The van der Waals surface area contributed by atoms with Crippen LogP contribution in [0.2, 0.25) is 0 Å². The summed E-state index contributed by atoms with van der Waals surface area (Å²) in [4.78, 5) is 3.16. The van der Waals surface area contributed by atoms with E-state index in [-0.39, 0.29) is 0 Å². The first-order valence-electron chi connectivity index (χ1n) is 3.46. The molecule has 0 saturated carbocycles. The molecule has 0 fully saturated rings. The highest BCUT2D eigenvalue weighted by atomic mass is 19.1. The van der Waals surface area contributed by atoms with Gasteiger partial charge in [-0.2, -0.15) is 0 Å². The molecule has 1 unspecified atom stereocenters. The third kappa shape index (κ3) is 1.79. The Morgan fingerprint density at radius 3 is 2.17 bits per heavy atom. The molecule has 0 N–H and O–H groups in total. The van der Waals surface area contributed by atoms with Crippen molar-refractivity contribution in [2.24, 2.45) is 0 Å². The van der Waals surface area contributed by atoms with E-state index in [1.54, 1.807) is 6.92 Å². The van der Waals surface area contributed by atoms with Gasteiger partial charge in [-0.05, 0) is 12.1 Å². The predicted molar refractivity (Wildman–Crippen MR) is 41.4 cm³/mol. The average Bonchev–Trinajstić information content (AvgIpc) is 2.01. The largest absolute Gasteiger partial charge is 0.309 e. The molecule has 1 nitrogen and oxygen atoms in total. The fourth-order valence-corrected chi connectivity index (χ4v) is 0.891. The van der Waals surface area contributed by atoms with Crippen molar-refractivity contribution in [3.05, 3.63) is 46.8 Å². The monoisotopic (exact) mass is 167 g/mol. The Balaban J connectivity index is 3.10. The Morgan fingerprint density at radius 2 is 1.75 bits per heavy atom. The highest BCUT2D eigenvalue weighted by Crippen LogP contribution is 2.18. The normalized spacial score (nSPS) is 12.2. The summed E-state index contributed by atoms with van der Waals surface area (Å²) in [6.07, 6.45) is 0. The predicted octanol–water partition coefficient (Wildman–Crippen LogP) is 2.95. The third-order valence-electron chi connectivity index (χ3n) is 1.56. The van der Waals surface area contributed by atoms with Gasteiger partial charge in [0.1, 0.15) is 11.6 Å². The lowest BCUT2D eigenvalue weighted by Crippen LogP contribution is -1.90. The molecule has 3 heteroatoms. The van der Waals surface area contributed by atoms with Crippen LogP contribution < -0.4 is 0 Å². The zero-order valence-electron chi connectivity index (χ0n) is 6.51. The van der Waals surface area contributed by atoms with E-state index in [0.717, 1.165) is 6.07 Å². The van der Waals surface area contributed by atoms with Crippen LogP contribution in [0.5, 0.6) is 0 Å². The molecule has 1 atom stereocenters. The van der Waals surface area contributed by atoms with E-state index in [0.29, 0.717) is 5.56 Å². The Morgan fingerprint density at radius 1 is 1.25 bits per heavy atom. The molecular weight excluding hydrogens is 160 g/mol. The van der Waals surface area contributed by atoms with Crippen molar-refractivity contribution >= 4 is 0 Å². The summed E-state index contributed by atoms with van der Waals surface area (Å²) in [6, 6.07) is 2.65. The standard InChI is InChI=1S/C9H7F2N/c1-6(12-2)7-3-8(10)5-9(11)4-7/h3-6H,1H3. The first-order chi connectivity index (χ1) is 5.63. The minimum atomic E-state index is -0.638. The summed E-state index contributed by atoms with van der Waals surface area (Å²) in [5.74, 6) is -1.28. The number of nitrogens with zero attached hydrogens (tertiary/aromatic N) is 1. The SMILES string of the molecule is [C-]#[N+]C(C)c1cc(F)cc(F)c1. The highest BCUT2D eigenvalue weighted by molar-refractivity contribution is 5.22. The van der Waals surface area contributed by atoms with Crippen molar-refractivity contribution < 1.29 is 8.78 Å². The van der Waals surface area contributed by atoms with Crippen LogP contribution in [0.25, 0.3) is 4.85 Å². The molecule has 62 valence electrons. The first-order valence-corrected chi connectivity index (χ1v) is 3.46. The van der Waals surface area contributed by atoms with Crippen molar-refractivity contribution in [3.8, 4) is 0 Å². The van der Waals surface area contributed by atoms with E-state index >= 15 is 0 Å². The first kappa shape index (κ1) is 8.66. The van der Waals surface area contributed by atoms with Gasteiger partial charge >= 0.3 is 0 Å². The fourth-order valence-electron chi connectivity index (χ4n) is 0.891. The summed E-state index contributed by atoms with van der Waals surface area (Å²) in [5, 5.41) is 0. The molecule has 0 heterocycles. The van der Waals surface area contributed by atoms with E-state index in [4.69, 9.17) is 6.57 Å². The molecule has 0 aliphatic heterocycles. The fraction of sp³-hybridized carbons (Fsp3) is 0.222. The van der Waals surface area contributed by atoms with Gasteiger partial charge in [-0.15, -0.1) is 0 Å². The minimum Gasteiger partial charge on any atom is -0.309 e. The van der Waals surface area contributed by atoms with Crippen LogP contribution in [-0.4, -0.2) is 0 Å². The second-order valence-electron chi connectivity index (χ2n) is 2.51. The van der Waals surface area contributed by atoms with Gasteiger partial charge in [0.15, 0.2) is 0 Å². The van der Waals surface area contributed by atoms with E-state index in [1.165, 1.54) is 12.1 Å². The molecule has 0 aliphatic carbocycles. The molecule has 1 rings (SSSR count). The summed E-state index contributed by atoms with van der Waals surface area (Å²) in [6.45, 7) is 8.27. The van der Waals surface area contributed by atoms with Crippen LogP contribution in [0.15, 0.2) is 18.2 Å². The Hall–Kier alpha value is -1.43. The van der Waals surface area contributed by atoms with Crippen LogP contribution in [0, 0.1) is 18.2 Å². The van der Waals surface area contributed by atoms with Gasteiger partial charge in [-0.1, -0.05) is 0 Å². The van der Waals surface area contributed by atoms with Crippen LogP contribution in [-0.2, 0) is 0 Å². The smallest absolute Gasteiger partial charge is 0.246 e. The number of rotatable bonds is 1. The third-order valence-corrected chi connectivity index (χ3v) is 1.56. The molecule has 0 amide bonds. The van der Waals surface area contributed by atoms with Gasteiger partial charge < -0.3 is 4.85 Å². The molecule has 0 aromatic heterocycles. The van der Waals surface area contributed by atoms with Crippen molar-refractivity contribution in [2.75, 3.05) is 0 Å². The highest BCUT2D eigenvalue weighted by Gasteiger charge is 2.10. The molecule has 1 aromatic rings. The quantitative estimate of drug-likeness (QED) is 0.566. The number of hydrogen-bond donors (Lipinski definition) is 0. The van der Waals surface area contributed by atoms with Crippen LogP contribution >= 0.6 is 0 Å². The molecule has 12 heavy (non-hydrogen) atoms. The van der Waals surface area contributed by atoms with Crippen molar-refractivity contribution in [2.45, 2.75) is 13.0 Å². The maximum atomic E-state index is 12.6. The Kier molecular flexibility index (Phi) is 2.39. The van der Waals surface area contributed by atoms with Crippen LogP contribution in [0.1, 0.15) is 18.5 Å². The van der Waals surface area contributed by atoms with Gasteiger partial charge in [-0.3, -0.25) is 0 Å². The molecule has 0 saturated heterocycles. The van der Waals surface area contributed by atoms with Crippen LogP contribution in [0.3, 0.4) is 0 Å². The Bertz CT molecular complexity index is 308. The zero-order valence-corrected chi connectivity index (χ0v) is 6.51.